The third-order valence-corrected chi connectivity index (χ3v) is 16.6. The fourth-order valence-corrected chi connectivity index (χ4v) is 12.4. The first kappa shape index (κ1) is 60.4. The van der Waals surface area contributed by atoms with E-state index in [9.17, 15) is 52.7 Å². The summed E-state index contributed by atoms with van der Waals surface area (Å²) < 4.78 is 4.60. The number of hydrogen-bond acceptors (Lipinski definition) is 15. The molecule has 0 aromatic heterocycles. The number of rotatable bonds is 19. The predicted octanol–water partition coefficient (Wildman–Crippen LogP) is -1.85. The van der Waals surface area contributed by atoms with Gasteiger partial charge in [0.15, 0.2) is 0 Å². The highest BCUT2D eigenvalue weighted by Gasteiger charge is 2.42. The number of likely N-dealkylation sites (tertiary alicyclic amines) is 1. The lowest BCUT2D eigenvalue weighted by atomic mass is 9.85. The molecule has 410 valence electrons. The van der Waals surface area contributed by atoms with Crippen LogP contribution >= 0.6 is 21.6 Å². The molecule has 24 nitrogen and oxygen atoms in total. The van der Waals surface area contributed by atoms with Crippen LogP contribution in [0.3, 0.4) is 0 Å². The lowest BCUT2D eigenvalue weighted by Crippen LogP contribution is -2.61. The molecule has 11 amide bonds. The Balaban J connectivity index is 1.77. The standard InChI is InChI=1S/C48H74N12O12S2/c1-4-27(2)40-46(70)56-31(16-17-36(50)61)42(66)57-33(23-37(51)62)43(67)58-34(47(71)60-21-9-11-35(60)45(69)55-30(10-8-20-49)41(65)53-25-38(52)63)26-73-74-48(18-6-5-7-19-48)24-39(64)54-32(44(68)59-40)22-28-12-14-29(72-3)15-13-28/h12-15,27,30-35,40H,4-11,16-26,49H2,1-3H3,(H2,50,61)(H2,51,62)(H2,52,63)(H,53,65)(H,54,64)(H,55,69)(H,56,70)(H,57,66)(H,58,67)(H,59,68)/t27-,30-,31-,32-,33-,34+,35-,40-/m0/s1. The van der Waals surface area contributed by atoms with Crippen molar-refractivity contribution >= 4 is 86.6 Å². The number of hydrogen-bond donors (Lipinski definition) is 11. The van der Waals surface area contributed by atoms with E-state index in [1.807, 2.05) is 0 Å². The van der Waals surface area contributed by atoms with Crippen molar-refractivity contribution < 1.29 is 57.5 Å². The summed E-state index contributed by atoms with van der Waals surface area (Å²) in [6.07, 6.45) is 3.39. The van der Waals surface area contributed by atoms with E-state index in [2.05, 4.69) is 37.2 Å². The Morgan fingerprint density at radius 2 is 1.49 bits per heavy atom. The maximum absolute atomic E-state index is 14.8. The summed E-state index contributed by atoms with van der Waals surface area (Å²) in [6.45, 7) is 3.27. The minimum Gasteiger partial charge on any atom is -0.497 e. The number of nitrogens with zero attached hydrogens (tertiary/aromatic N) is 1. The molecule has 1 aromatic carbocycles. The molecule has 2 heterocycles. The maximum Gasteiger partial charge on any atom is 0.246 e. The van der Waals surface area contributed by atoms with Crippen LogP contribution in [0.2, 0.25) is 0 Å². The lowest BCUT2D eigenvalue weighted by Gasteiger charge is -2.37. The molecule has 1 aliphatic carbocycles. The molecule has 3 aliphatic rings. The third kappa shape index (κ3) is 18.7. The summed E-state index contributed by atoms with van der Waals surface area (Å²) in [6, 6.07) is -2.52. The number of ether oxygens (including phenoxy) is 1. The monoisotopic (exact) mass is 1070 g/mol. The summed E-state index contributed by atoms with van der Waals surface area (Å²) in [5.41, 5.74) is 22.6. The Morgan fingerprint density at radius 1 is 0.824 bits per heavy atom. The van der Waals surface area contributed by atoms with Gasteiger partial charge in [0.25, 0.3) is 0 Å². The van der Waals surface area contributed by atoms with E-state index in [1.54, 1.807) is 38.1 Å². The number of methoxy groups -OCH3 is 1. The van der Waals surface area contributed by atoms with E-state index >= 15 is 0 Å². The van der Waals surface area contributed by atoms with Crippen LogP contribution in [-0.2, 0) is 59.2 Å². The molecule has 2 aliphatic heterocycles. The molecule has 8 atom stereocenters. The number of nitrogens with two attached hydrogens (primary N) is 4. The van der Waals surface area contributed by atoms with Gasteiger partial charge in [0.2, 0.25) is 65.0 Å². The van der Waals surface area contributed by atoms with Gasteiger partial charge in [-0.05, 0) is 75.1 Å². The van der Waals surface area contributed by atoms with Gasteiger partial charge in [0.1, 0.15) is 48.0 Å². The van der Waals surface area contributed by atoms with Crippen LogP contribution in [-0.4, -0.2) is 149 Å². The van der Waals surface area contributed by atoms with Crippen LogP contribution in [0, 0.1) is 5.92 Å². The average Bonchev–Trinajstić information content (AvgIpc) is 3.86. The quantitative estimate of drug-likeness (QED) is 0.0678. The predicted molar refractivity (Wildman–Crippen MR) is 276 cm³/mol. The second-order valence-corrected chi connectivity index (χ2v) is 21.9. The summed E-state index contributed by atoms with van der Waals surface area (Å²) in [5.74, 6) is -8.88. The molecule has 0 unspecified atom stereocenters. The number of nitrogens with one attached hydrogen (secondary N) is 7. The Bertz CT molecular complexity index is 2180. The number of benzene rings is 1. The zero-order valence-corrected chi connectivity index (χ0v) is 44.0. The van der Waals surface area contributed by atoms with Gasteiger partial charge in [0.05, 0.1) is 20.1 Å². The van der Waals surface area contributed by atoms with Gasteiger partial charge in [-0.25, -0.2) is 0 Å². The third-order valence-electron chi connectivity index (χ3n) is 13.3. The molecular formula is C48H74N12O12S2. The lowest BCUT2D eigenvalue weighted by molar-refractivity contribution is -0.142. The van der Waals surface area contributed by atoms with E-state index < -0.39 is 137 Å². The van der Waals surface area contributed by atoms with Crippen LogP contribution in [0.15, 0.2) is 24.3 Å². The first-order valence-corrected chi connectivity index (χ1v) is 27.4. The molecule has 1 saturated carbocycles. The molecular weight excluding hydrogens is 1000 g/mol. The van der Waals surface area contributed by atoms with Crippen molar-refractivity contribution in [1.82, 2.24) is 42.1 Å². The Hall–Kier alpha value is -6.15. The maximum atomic E-state index is 14.8. The molecule has 1 aromatic rings. The van der Waals surface area contributed by atoms with Crippen LogP contribution in [0.4, 0.5) is 0 Å². The van der Waals surface area contributed by atoms with Gasteiger partial charge in [-0.15, -0.1) is 0 Å². The summed E-state index contributed by atoms with van der Waals surface area (Å²) in [5, 5.41) is 18.5. The summed E-state index contributed by atoms with van der Waals surface area (Å²) in [4.78, 5) is 151. The minimum absolute atomic E-state index is 0.0199. The van der Waals surface area contributed by atoms with Crippen molar-refractivity contribution in [2.45, 2.75) is 157 Å². The topological polar surface area (TPSA) is 389 Å². The van der Waals surface area contributed by atoms with Gasteiger partial charge in [-0.1, -0.05) is 73.3 Å². The Kier molecular flexibility index (Phi) is 24.2. The molecule has 26 heteroatoms. The molecule has 74 heavy (non-hydrogen) atoms. The molecule has 0 radical (unpaired) electrons. The Labute approximate surface area is 438 Å². The zero-order chi connectivity index (χ0) is 54.5. The zero-order valence-electron chi connectivity index (χ0n) is 42.3. The van der Waals surface area contributed by atoms with Crippen molar-refractivity contribution in [1.29, 1.82) is 0 Å². The molecule has 2 saturated heterocycles. The summed E-state index contributed by atoms with van der Waals surface area (Å²) >= 11 is 0. The van der Waals surface area contributed by atoms with Crippen LogP contribution in [0.25, 0.3) is 0 Å². The van der Waals surface area contributed by atoms with Crippen LogP contribution < -0.4 is 64.9 Å². The second-order valence-electron chi connectivity index (χ2n) is 19.1. The SMILES string of the molecule is CC[C@H](C)[C@@H]1NC(=O)[C@H](Cc2ccc(OC)cc2)NC(=O)CC2(CCCCC2)SSC[C@H](C(=O)N2CCC[C@H]2C(=O)N[C@@H](CCCN)C(=O)NCC(N)=O)NC(=O)[C@H](CC(N)=O)NC(=O)[C@H](CCC(N)=O)NC1=O. The Morgan fingerprint density at radius 3 is 2.11 bits per heavy atom. The van der Waals surface area contributed by atoms with Crippen molar-refractivity contribution in [3.05, 3.63) is 29.8 Å². The molecule has 0 bridgehead atoms. The van der Waals surface area contributed by atoms with Gasteiger partial charge in [-0.3, -0.25) is 52.7 Å². The summed E-state index contributed by atoms with van der Waals surface area (Å²) in [7, 11) is 4.06. The van der Waals surface area contributed by atoms with Crippen molar-refractivity contribution in [2.75, 3.05) is 32.5 Å². The molecule has 4 rings (SSSR count). The van der Waals surface area contributed by atoms with Crippen molar-refractivity contribution in [3.63, 3.8) is 0 Å². The largest absolute Gasteiger partial charge is 0.497 e. The van der Waals surface area contributed by atoms with Gasteiger partial charge in [-0.2, -0.15) is 0 Å². The van der Waals surface area contributed by atoms with E-state index in [4.69, 9.17) is 27.7 Å². The highest BCUT2D eigenvalue weighted by Crippen LogP contribution is 2.48. The van der Waals surface area contributed by atoms with Gasteiger partial charge >= 0.3 is 0 Å². The van der Waals surface area contributed by atoms with E-state index in [0.29, 0.717) is 43.4 Å². The fraction of sp³-hybridized carbons (Fsp3) is 0.646. The first-order valence-electron chi connectivity index (χ1n) is 25.1. The van der Waals surface area contributed by atoms with Gasteiger partial charge < -0.3 is 69.8 Å². The van der Waals surface area contributed by atoms with E-state index in [1.165, 1.54) is 33.6 Å². The van der Waals surface area contributed by atoms with E-state index in [-0.39, 0.29) is 50.9 Å². The molecule has 15 N–H and O–H groups in total. The smallest absolute Gasteiger partial charge is 0.246 e. The number of carbonyl (C=O) groups is 11. The number of primary amides is 3. The normalized spacial score (nSPS) is 24.1. The molecule has 1 spiro atoms. The van der Waals surface area contributed by atoms with E-state index in [0.717, 1.165) is 19.3 Å². The first-order chi connectivity index (χ1) is 35.2. The highest BCUT2D eigenvalue weighted by atomic mass is 33.1. The fourth-order valence-electron chi connectivity index (χ4n) is 9.02. The van der Waals surface area contributed by atoms with Crippen molar-refractivity contribution in [2.24, 2.45) is 28.9 Å². The van der Waals surface area contributed by atoms with Gasteiger partial charge in [0, 0.05) is 36.3 Å². The minimum atomic E-state index is -1.73. The van der Waals surface area contributed by atoms with Crippen LogP contribution in [0.5, 0.6) is 5.75 Å². The van der Waals surface area contributed by atoms with Crippen LogP contribution in [0.1, 0.15) is 109 Å². The highest BCUT2D eigenvalue weighted by molar-refractivity contribution is 8.77. The average molecular weight is 1080 g/mol. The number of amides is 11. The second kappa shape index (κ2) is 29.7. The molecule has 3 fully saturated rings. The number of carbonyl (C=O) groups excluding carboxylic acids is 11. The van der Waals surface area contributed by atoms with Crippen molar-refractivity contribution in [3.8, 4) is 5.75 Å².